The summed E-state index contributed by atoms with van der Waals surface area (Å²) in [5, 5.41) is 10.6. The Morgan fingerprint density at radius 3 is 2.45 bits per heavy atom. The summed E-state index contributed by atoms with van der Waals surface area (Å²) < 4.78 is 5.17. The molecular weight excluding hydrogens is 274 g/mol. The first-order chi connectivity index (χ1) is 9.70. The zero-order valence-corrected chi connectivity index (χ0v) is 11.0. The van der Waals surface area contributed by atoms with Gasteiger partial charge in [-0.2, -0.15) is 5.26 Å². The fourth-order valence-electron chi connectivity index (χ4n) is 2.17. The third kappa shape index (κ3) is 1.97. The minimum atomic E-state index is -0.629. The number of para-hydroxylation sites is 1. The zero-order valence-electron chi connectivity index (χ0n) is 10.3. The van der Waals surface area contributed by atoms with Gasteiger partial charge in [0.25, 0.3) is 0 Å². The lowest BCUT2D eigenvalue weighted by Crippen LogP contribution is -2.06. The first kappa shape index (κ1) is 12.5. The Morgan fingerprint density at radius 1 is 1.05 bits per heavy atom. The first-order valence-electron chi connectivity index (χ1n) is 5.92. The monoisotopic (exact) mass is 281 g/mol. The molecule has 0 spiro atoms. The molecule has 0 amide bonds. The molecule has 2 aromatic carbocycles. The summed E-state index contributed by atoms with van der Waals surface area (Å²) in [5.41, 5.74) is 1.18. The Kier molecular flexibility index (Phi) is 3.02. The predicted octanol–water partition coefficient (Wildman–Crippen LogP) is 3.99. The molecule has 0 saturated carbocycles. The second-order valence-corrected chi connectivity index (χ2v) is 4.69. The Morgan fingerprint density at radius 2 is 1.75 bits per heavy atom. The second-order valence-electron chi connectivity index (χ2n) is 4.25. The maximum absolute atomic E-state index is 11.9. The quantitative estimate of drug-likeness (QED) is 0.634. The van der Waals surface area contributed by atoms with E-state index in [0.29, 0.717) is 16.2 Å². The lowest BCUT2D eigenvalue weighted by molar-refractivity contribution is 0.559. The van der Waals surface area contributed by atoms with E-state index in [1.54, 1.807) is 36.4 Å². The van der Waals surface area contributed by atoms with E-state index in [4.69, 9.17) is 16.0 Å². The summed E-state index contributed by atoms with van der Waals surface area (Å²) in [6.45, 7) is 0. The molecule has 0 aliphatic rings. The lowest BCUT2D eigenvalue weighted by Gasteiger charge is -2.07. The molecule has 3 rings (SSSR count). The van der Waals surface area contributed by atoms with Crippen LogP contribution in [0.15, 0.2) is 57.7 Å². The Balaban J connectivity index is 2.46. The first-order valence-corrected chi connectivity index (χ1v) is 6.30. The third-order valence-electron chi connectivity index (χ3n) is 3.06. The van der Waals surface area contributed by atoms with Crippen LogP contribution in [0.2, 0.25) is 5.02 Å². The zero-order chi connectivity index (χ0) is 14.1. The van der Waals surface area contributed by atoms with E-state index in [-0.39, 0.29) is 5.56 Å². The van der Waals surface area contributed by atoms with Crippen LogP contribution in [0.5, 0.6) is 0 Å². The number of rotatable bonds is 1. The molecule has 4 heteroatoms. The molecule has 0 fully saturated rings. The van der Waals surface area contributed by atoms with Crippen molar-refractivity contribution in [2.45, 2.75) is 0 Å². The molecule has 1 heterocycles. The highest BCUT2D eigenvalue weighted by molar-refractivity contribution is 6.30. The normalized spacial score (nSPS) is 10.4. The molecule has 0 N–H and O–H groups in total. The van der Waals surface area contributed by atoms with Crippen molar-refractivity contribution in [3.63, 3.8) is 0 Å². The van der Waals surface area contributed by atoms with Crippen molar-refractivity contribution >= 4 is 22.6 Å². The van der Waals surface area contributed by atoms with Gasteiger partial charge in [-0.3, -0.25) is 0 Å². The van der Waals surface area contributed by atoms with Crippen molar-refractivity contribution in [2.75, 3.05) is 0 Å². The summed E-state index contributed by atoms with van der Waals surface area (Å²) in [7, 11) is 0. The number of hydrogen-bond acceptors (Lipinski definition) is 3. The van der Waals surface area contributed by atoms with Crippen LogP contribution in [0.25, 0.3) is 22.1 Å². The standard InChI is InChI=1S/C16H8ClNO2/c17-11-7-5-10(6-8-11)15-12-3-1-2-4-14(12)20-16(19)13(15)9-18/h1-8H. The van der Waals surface area contributed by atoms with Crippen molar-refractivity contribution in [3.8, 4) is 17.2 Å². The van der Waals surface area contributed by atoms with Gasteiger partial charge in [0, 0.05) is 16.0 Å². The molecule has 20 heavy (non-hydrogen) atoms. The highest BCUT2D eigenvalue weighted by atomic mass is 35.5. The molecule has 0 aliphatic carbocycles. The number of fused-ring (bicyclic) bond motifs is 1. The number of benzene rings is 2. The van der Waals surface area contributed by atoms with Crippen LogP contribution in [0.1, 0.15) is 5.56 Å². The Hall–Kier alpha value is -2.57. The summed E-state index contributed by atoms with van der Waals surface area (Å²) in [4.78, 5) is 11.9. The van der Waals surface area contributed by atoms with E-state index in [0.717, 1.165) is 10.9 Å². The van der Waals surface area contributed by atoms with Crippen LogP contribution in [0.4, 0.5) is 0 Å². The van der Waals surface area contributed by atoms with Gasteiger partial charge in [0.15, 0.2) is 0 Å². The molecule has 3 aromatic rings. The van der Waals surface area contributed by atoms with Gasteiger partial charge < -0.3 is 4.42 Å². The summed E-state index contributed by atoms with van der Waals surface area (Å²) in [6, 6.07) is 16.1. The van der Waals surface area contributed by atoms with Crippen molar-refractivity contribution < 1.29 is 4.42 Å². The maximum atomic E-state index is 11.9. The van der Waals surface area contributed by atoms with Crippen molar-refractivity contribution in [1.82, 2.24) is 0 Å². The van der Waals surface area contributed by atoms with Crippen molar-refractivity contribution in [2.24, 2.45) is 0 Å². The average molecular weight is 282 g/mol. The molecule has 3 nitrogen and oxygen atoms in total. The van der Waals surface area contributed by atoms with Crippen LogP contribution in [-0.2, 0) is 0 Å². The topological polar surface area (TPSA) is 54.0 Å². The van der Waals surface area contributed by atoms with Gasteiger partial charge >= 0.3 is 5.63 Å². The van der Waals surface area contributed by atoms with E-state index in [1.807, 2.05) is 18.2 Å². The molecule has 0 atom stereocenters. The number of hydrogen-bond donors (Lipinski definition) is 0. The summed E-state index contributed by atoms with van der Waals surface area (Å²) >= 11 is 5.88. The molecule has 0 aliphatic heterocycles. The number of nitriles is 1. The third-order valence-corrected chi connectivity index (χ3v) is 3.31. The minimum Gasteiger partial charge on any atom is -0.422 e. The number of nitrogens with zero attached hydrogens (tertiary/aromatic N) is 1. The van der Waals surface area contributed by atoms with E-state index in [9.17, 15) is 10.1 Å². The maximum Gasteiger partial charge on any atom is 0.354 e. The van der Waals surface area contributed by atoms with E-state index in [2.05, 4.69) is 0 Å². The van der Waals surface area contributed by atoms with Crippen LogP contribution >= 0.6 is 11.6 Å². The van der Waals surface area contributed by atoms with Crippen LogP contribution in [0.3, 0.4) is 0 Å². The van der Waals surface area contributed by atoms with E-state index >= 15 is 0 Å². The average Bonchev–Trinajstić information content (AvgIpc) is 2.47. The van der Waals surface area contributed by atoms with Gasteiger partial charge in [-0.15, -0.1) is 0 Å². The van der Waals surface area contributed by atoms with Crippen molar-refractivity contribution in [3.05, 3.63) is 69.5 Å². The highest BCUT2D eigenvalue weighted by Crippen LogP contribution is 2.30. The van der Waals surface area contributed by atoms with Crippen molar-refractivity contribution in [1.29, 1.82) is 5.26 Å². The fourth-order valence-corrected chi connectivity index (χ4v) is 2.29. The lowest BCUT2D eigenvalue weighted by atomic mass is 9.98. The molecule has 96 valence electrons. The van der Waals surface area contributed by atoms with Crippen LogP contribution < -0.4 is 5.63 Å². The smallest absolute Gasteiger partial charge is 0.354 e. The van der Waals surface area contributed by atoms with Gasteiger partial charge in [-0.25, -0.2) is 4.79 Å². The Labute approximate surface area is 119 Å². The molecule has 0 saturated heterocycles. The second kappa shape index (κ2) is 4.84. The number of halogens is 1. The van der Waals surface area contributed by atoms with Crippen LogP contribution in [0, 0.1) is 11.3 Å². The van der Waals surface area contributed by atoms with E-state index in [1.165, 1.54) is 0 Å². The van der Waals surface area contributed by atoms with Gasteiger partial charge in [0.2, 0.25) is 0 Å². The summed E-state index contributed by atoms with van der Waals surface area (Å²) in [5.74, 6) is 0. The summed E-state index contributed by atoms with van der Waals surface area (Å²) in [6.07, 6.45) is 0. The highest BCUT2D eigenvalue weighted by Gasteiger charge is 2.15. The molecule has 0 unspecified atom stereocenters. The molecule has 0 bridgehead atoms. The van der Waals surface area contributed by atoms with Gasteiger partial charge in [0.1, 0.15) is 17.2 Å². The Bertz CT molecular complexity index is 889. The van der Waals surface area contributed by atoms with Gasteiger partial charge in [0.05, 0.1) is 0 Å². The fraction of sp³-hybridized carbons (Fsp3) is 0. The molecule has 1 aromatic heterocycles. The van der Waals surface area contributed by atoms with Gasteiger partial charge in [-0.05, 0) is 23.8 Å². The predicted molar refractivity (Wildman–Crippen MR) is 77.6 cm³/mol. The SMILES string of the molecule is N#Cc1c(-c2ccc(Cl)cc2)c2ccccc2oc1=O. The largest absolute Gasteiger partial charge is 0.422 e. The minimum absolute atomic E-state index is 0.00558. The molecule has 0 radical (unpaired) electrons. The van der Waals surface area contributed by atoms with Crippen LogP contribution in [-0.4, -0.2) is 0 Å². The molecular formula is C16H8ClNO2. The van der Waals surface area contributed by atoms with Gasteiger partial charge in [-0.1, -0.05) is 41.9 Å². The van der Waals surface area contributed by atoms with E-state index < -0.39 is 5.63 Å².